The zero-order valence-electron chi connectivity index (χ0n) is 23.0. The van der Waals surface area contributed by atoms with Crippen molar-refractivity contribution < 1.29 is 27.5 Å². The summed E-state index contributed by atoms with van der Waals surface area (Å²) >= 11 is 1.20. The van der Waals surface area contributed by atoms with E-state index in [0.29, 0.717) is 45.6 Å². The van der Waals surface area contributed by atoms with Crippen LogP contribution in [0.15, 0.2) is 58.7 Å². The van der Waals surface area contributed by atoms with Gasteiger partial charge in [-0.1, -0.05) is 28.6 Å². The van der Waals surface area contributed by atoms with Crippen LogP contribution in [0.2, 0.25) is 0 Å². The maximum Gasteiger partial charge on any atom is 0.280 e. The fourth-order valence-electron chi connectivity index (χ4n) is 4.64. The number of likely N-dealkylation sites (tertiary alicyclic amines) is 1. The quantitative estimate of drug-likeness (QED) is 0.209. The van der Waals surface area contributed by atoms with Crippen molar-refractivity contribution in [1.82, 2.24) is 24.6 Å². The van der Waals surface area contributed by atoms with Crippen LogP contribution in [0.25, 0.3) is 10.3 Å². The molecule has 0 spiro atoms. The first-order valence-corrected chi connectivity index (χ1v) is 15.7. The van der Waals surface area contributed by atoms with Gasteiger partial charge < -0.3 is 14.3 Å². The van der Waals surface area contributed by atoms with Gasteiger partial charge in [0.25, 0.3) is 5.91 Å². The fourth-order valence-corrected chi connectivity index (χ4v) is 7.05. The average Bonchev–Trinajstić information content (AvgIpc) is 3.72. The molecule has 15 heteroatoms. The van der Waals surface area contributed by atoms with Crippen molar-refractivity contribution in [2.75, 3.05) is 38.7 Å². The van der Waals surface area contributed by atoms with Crippen LogP contribution in [-0.4, -0.2) is 89.4 Å². The molecule has 0 radical (unpaired) electrons. The Morgan fingerprint density at radius 2 is 1.95 bits per heavy atom. The van der Waals surface area contributed by atoms with Crippen LogP contribution in [0.4, 0.5) is 5.13 Å². The number of oxime groups is 1. The Morgan fingerprint density at radius 3 is 2.64 bits per heavy atom. The number of aromatic nitrogens is 4. The second-order valence-corrected chi connectivity index (χ2v) is 13.4. The maximum atomic E-state index is 13.5. The van der Waals surface area contributed by atoms with Crippen LogP contribution in [-0.2, 0) is 37.9 Å². The first kappa shape index (κ1) is 28.2. The van der Waals surface area contributed by atoms with Gasteiger partial charge in [0.2, 0.25) is 5.88 Å². The van der Waals surface area contributed by atoms with E-state index in [1.54, 1.807) is 36.1 Å². The largest absolute Gasteiger partial charge is 0.472 e. The molecule has 0 bridgehead atoms. The molecule has 4 aromatic rings. The predicted octanol–water partition coefficient (Wildman–Crippen LogP) is 2.24. The van der Waals surface area contributed by atoms with Crippen LogP contribution >= 0.6 is 11.3 Å². The minimum atomic E-state index is -3.56. The van der Waals surface area contributed by atoms with Crippen molar-refractivity contribution in [3.8, 4) is 5.88 Å². The summed E-state index contributed by atoms with van der Waals surface area (Å²) in [7, 11) is 0.248. The summed E-state index contributed by atoms with van der Waals surface area (Å²) in [5.74, 6) is -0.0737. The lowest BCUT2D eigenvalue weighted by atomic mass is 10.1. The molecule has 0 saturated carbocycles. The highest BCUT2D eigenvalue weighted by Crippen LogP contribution is 2.28. The number of nitrogens with zero attached hydrogens (tertiary/aromatic N) is 6. The Hall–Kier alpha value is -3.92. The number of pyridine rings is 1. The summed E-state index contributed by atoms with van der Waals surface area (Å²) in [4.78, 5) is 30.9. The molecule has 220 valence electrons. The Morgan fingerprint density at radius 1 is 1.14 bits per heavy atom. The lowest BCUT2D eigenvalue weighted by Crippen LogP contribution is -2.51. The molecule has 13 nitrogen and oxygen atoms in total. The lowest BCUT2D eigenvalue weighted by molar-refractivity contribution is -0.110. The highest BCUT2D eigenvalue weighted by Gasteiger charge is 2.31. The van der Waals surface area contributed by atoms with E-state index in [9.17, 15) is 13.2 Å². The van der Waals surface area contributed by atoms with Crippen molar-refractivity contribution in [3.05, 3.63) is 59.9 Å². The van der Waals surface area contributed by atoms with E-state index in [4.69, 9.17) is 14.3 Å². The molecule has 2 saturated heterocycles. The van der Waals surface area contributed by atoms with Gasteiger partial charge in [-0.05, 0) is 37.7 Å². The van der Waals surface area contributed by atoms with Crippen LogP contribution in [0.3, 0.4) is 0 Å². The maximum absolute atomic E-state index is 13.5. The van der Waals surface area contributed by atoms with Crippen molar-refractivity contribution >= 4 is 48.3 Å². The number of ether oxygens (including phenoxy) is 2. The number of hydrogen-bond donors (Lipinski definition) is 1. The number of carbonyl (C=O) groups is 1. The van der Waals surface area contributed by atoms with E-state index in [1.165, 1.54) is 35.6 Å². The number of anilines is 1. The zero-order chi connectivity index (χ0) is 29.3. The number of thiazole rings is 1. The molecule has 5 heterocycles. The Kier molecular flexibility index (Phi) is 7.90. The second-order valence-electron chi connectivity index (χ2n) is 10.2. The molecule has 3 aromatic heterocycles. The van der Waals surface area contributed by atoms with E-state index in [-0.39, 0.29) is 29.9 Å². The first-order chi connectivity index (χ1) is 20.2. The number of nitrogens with one attached hydrogen (secondary N) is 1. The van der Waals surface area contributed by atoms with Gasteiger partial charge in [-0.3, -0.25) is 19.7 Å². The number of rotatable bonds is 10. The third kappa shape index (κ3) is 6.13. The minimum absolute atomic E-state index is 0.0381. The number of benzene rings is 1. The van der Waals surface area contributed by atoms with Gasteiger partial charge in [-0.15, -0.1) is 0 Å². The minimum Gasteiger partial charge on any atom is -0.472 e. The van der Waals surface area contributed by atoms with E-state index in [1.807, 2.05) is 7.05 Å². The van der Waals surface area contributed by atoms with E-state index < -0.39 is 21.0 Å². The highest BCUT2D eigenvalue weighted by atomic mass is 32.2. The van der Waals surface area contributed by atoms with Gasteiger partial charge in [0, 0.05) is 44.6 Å². The molecular formula is C27H29N7O6S2. The van der Waals surface area contributed by atoms with Crippen LogP contribution in [0, 0.1) is 0 Å². The van der Waals surface area contributed by atoms with Crippen molar-refractivity contribution in [3.63, 3.8) is 0 Å². The summed E-state index contributed by atoms with van der Waals surface area (Å²) in [6.07, 6.45) is 2.32. The standard InChI is InChI=1S/C27H29N7O6S2/c1-33-13-19(14-33)40-23-8-7-22-26(29-23)41-27(28-22)30-25(35)24(32-39-15-18-9-11-34(2)31-18)17-3-5-20(6-4-17)42(36,37)21-10-12-38-16-21/h3-9,11,19,21H,10,12-16H2,1-2H3,(H,28,30,35)/t21-/m0/s1. The summed E-state index contributed by atoms with van der Waals surface area (Å²) in [5.41, 5.74) is 1.56. The number of amides is 1. The molecule has 1 N–H and O–H groups in total. The van der Waals surface area contributed by atoms with Crippen molar-refractivity contribution in [1.29, 1.82) is 0 Å². The van der Waals surface area contributed by atoms with Gasteiger partial charge in [0.15, 0.2) is 27.3 Å². The fraction of sp³-hybridized carbons (Fsp3) is 0.370. The number of fused-ring (bicyclic) bond motifs is 1. The molecule has 1 aromatic carbocycles. The van der Waals surface area contributed by atoms with E-state index >= 15 is 0 Å². The predicted molar refractivity (Wildman–Crippen MR) is 155 cm³/mol. The van der Waals surface area contributed by atoms with Crippen LogP contribution < -0.4 is 10.1 Å². The van der Waals surface area contributed by atoms with Gasteiger partial charge in [0.05, 0.1) is 16.8 Å². The second kappa shape index (κ2) is 11.8. The normalized spacial score (nSPS) is 18.2. The van der Waals surface area contributed by atoms with Gasteiger partial charge in [-0.25, -0.2) is 18.4 Å². The van der Waals surface area contributed by atoms with Crippen molar-refractivity contribution in [2.24, 2.45) is 12.2 Å². The van der Waals surface area contributed by atoms with E-state index in [0.717, 1.165) is 13.1 Å². The Bertz CT molecular complexity index is 1720. The van der Waals surface area contributed by atoms with Crippen molar-refractivity contribution in [2.45, 2.75) is 29.3 Å². The molecule has 0 aliphatic carbocycles. The topological polar surface area (TPSA) is 150 Å². The Labute approximate surface area is 246 Å². The highest BCUT2D eigenvalue weighted by molar-refractivity contribution is 7.92. The molecule has 6 rings (SSSR count). The molecule has 2 fully saturated rings. The summed E-state index contributed by atoms with van der Waals surface area (Å²) in [6.45, 7) is 2.31. The molecular weight excluding hydrogens is 582 g/mol. The molecule has 2 aliphatic rings. The summed E-state index contributed by atoms with van der Waals surface area (Å²) in [6, 6.07) is 11.3. The van der Waals surface area contributed by atoms with Gasteiger partial charge in [-0.2, -0.15) is 5.10 Å². The first-order valence-electron chi connectivity index (χ1n) is 13.3. The lowest BCUT2D eigenvalue weighted by Gasteiger charge is -2.35. The molecule has 0 unspecified atom stereocenters. The van der Waals surface area contributed by atoms with E-state index in [2.05, 4.69) is 30.4 Å². The third-order valence-electron chi connectivity index (χ3n) is 6.90. The summed E-state index contributed by atoms with van der Waals surface area (Å²) < 4.78 is 38.8. The van der Waals surface area contributed by atoms with Crippen LogP contribution in [0.1, 0.15) is 17.7 Å². The zero-order valence-corrected chi connectivity index (χ0v) is 24.6. The van der Waals surface area contributed by atoms with Gasteiger partial charge >= 0.3 is 0 Å². The summed E-state index contributed by atoms with van der Waals surface area (Å²) in [5, 5.41) is 10.9. The third-order valence-corrected chi connectivity index (χ3v) is 9.96. The Balaban J connectivity index is 1.22. The number of carbonyl (C=O) groups excluding carboxylic acids is 1. The smallest absolute Gasteiger partial charge is 0.280 e. The van der Waals surface area contributed by atoms with Gasteiger partial charge in [0.1, 0.15) is 22.1 Å². The number of aryl methyl sites for hydroxylation is 1. The number of sulfone groups is 1. The average molecular weight is 612 g/mol. The SMILES string of the molecule is CN1CC(Oc2ccc3nc(NC(=O)C(=NOCc4ccn(C)n4)c4ccc(S(=O)(=O)[C@H]5CCOC5)cc4)sc3n2)C1. The van der Waals surface area contributed by atoms with Crippen LogP contribution in [0.5, 0.6) is 5.88 Å². The molecule has 1 amide bonds. The molecule has 2 aliphatic heterocycles. The molecule has 1 atom stereocenters. The monoisotopic (exact) mass is 611 g/mol. The number of likely N-dealkylation sites (N-methyl/N-ethyl adjacent to an activating group) is 1. The molecule has 42 heavy (non-hydrogen) atoms. The number of hydrogen-bond acceptors (Lipinski definition) is 12.